The highest BCUT2D eigenvalue weighted by Crippen LogP contribution is 2.37. The zero-order valence-corrected chi connectivity index (χ0v) is 20.0. The number of hydrogen-bond donors (Lipinski definition) is 2. The summed E-state index contributed by atoms with van der Waals surface area (Å²) in [5.41, 5.74) is 1.96. The highest BCUT2D eigenvalue weighted by atomic mass is 35.5. The van der Waals surface area contributed by atoms with Gasteiger partial charge < -0.3 is 24.3 Å². The maximum atomic E-state index is 13.3. The Morgan fingerprint density at radius 1 is 0.912 bits per heavy atom. The standard InChI is InChI=1S/C22H16O5.C5H11N.ClH/c1-26-17-9-4-13(5-10-17)21(25)20-18-11-8-16(24)12-19(18)27-22(20)14-2-6-15(23)7-3-14;1-6-4-2-3-5-6;/h2-12,23-24H,1H3;2-5H2,1H3;1H. The van der Waals surface area contributed by atoms with Crippen LogP contribution < -0.4 is 4.74 Å². The summed E-state index contributed by atoms with van der Waals surface area (Å²) < 4.78 is 11.1. The third-order valence-corrected chi connectivity index (χ3v) is 5.71. The van der Waals surface area contributed by atoms with Gasteiger partial charge in [0, 0.05) is 22.6 Å². The number of furan rings is 1. The first-order valence-corrected chi connectivity index (χ1v) is 10.9. The number of hydrogen-bond acceptors (Lipinski definition) is 6. The Morgan fingerprint density at radius 3 is 2.09 bits per heavy atom. The van der Waals surface area contributed by atoms with Crippen molar-refractivity contribution in [3.63, 3.8) is 0 Å². The fraction of sp³-hybridized carbons (Fsp3) is 0.222. The molecule has 1 aliphatic heterocycles. The molecule has 34 heavy (non-hydrogen) atoms. The van der Waals surface area contributed by atoms with E-state index in [0.717, 1.165) is 0 Å². The summed E-state index contributed by atoms with van der Waals surface area (Å²) in [4.78, 5) is 15.6. The summed E-state index contributed by atoms with van der Waals surface area (Å²) in [6.07, 6.45) is 2.83. The molecule has 1 saturated heterocycles. The van der Waals surface area contributed by atoms with Gasteiger partial charge in [0.05, 0.1) is 12.7 Å². The van der Waals surface area contributed by atoms with E-state index < -0.39 is 0 Å². The van der Waals surface area contributed by atoms with Crippen LogP contribution in [0.25, 0.3) is 22.3 Å². The molecule has 5 rings (SSSR count). The number of ether oxygens (including phenoxy) is 1. The average Bonchev–Trinajstić information content (AvgIpc) is 3.46. The molecule has 0 aliphatic carbocycles. The zero-order chi connectivity index (χ0) is 23.4. The largest absolute Gasteiger partial charge is 0.508 e. The molecule has 0 amide bonds. The van der Waals surface area contributed by atoms with Crippen molar-refractivity contribution in [2.75, 3.05) is 27.2 Å². The van der Waals surface area contributed by atoms with Crippen LogP contribution in [0, 0.1) is 0 Å². The van der Waals surface area contributed by atoms with Crippen LogP contribution in [0.3, 0.4) is 0 Å². The Kier molecular flexibility index (Phi) is 8.21. The average molecular weight is 482 g/mol. The third kappa shape index (κ3) is 5.53. The maximum absolute atomic E-state index is 13.3. The predicted octanol–water partition coefficient (Wildman–Crippen LogP) is 5.88. The van der Waals surface area contributed by atoms with Crippen molar-refractivity contribution in [2.45, 2.75) is 12.8 Å². The molecule has 0 atom stereocenters. The quantitative estimate of drug-likeness (QED) is 0.354. The molecule has 2 N–H and O–H groups in total. The highest BCUT2D eigenvalue weighted by Gasteiger charge is 2.23. The smallest absolute Gasteiger partial charge is 0.197 e. The Balaban J connectivity index is 0.000000405. The Hall–Kier alpha value is -3.48. The molecular weight excluding hydrogens is 454 g/mol. The molecule has 0 bridgehead atoms. The van der Waals surface area contributed by atoms with Crippen LogP contribution in [-0.2, 0) is 0 Å². The van der Waals surface area contributed by atoms with Gasteiger partial charge >= 0.3 is 0 Å². The number of carbonyl (C=O) groups excluding carboxylic acids is 1. The minimum absolute atomic E-state index is 0. The molecule has 0 radical (unpaired) electrons. The lowest BCUT2D eigenvalue weighted by atomic mass is 9.97. The lowest BCUT2D eigenvalue weighted by molar-refractivity contribution is 0.104. The summed E-state index contributed by atoms with van der Waals surface area (Å²) in [5, 5.41) is 19.9. The first kappa shape index (κ1) is 25.1. The highest BCUT2D eigenvalue weighted by molar-refractivity contribution is 6.19. The molecule has 4 aromatic rings. The van der Waals surface area contributed by atoms with Crippen molar-refractivity contribution in [1.82, 2.24) is 4.90 Å². The molecule has 1 aromatic heterocycles. The lowest BCUT2D eigenvalue weighted by Crippen LogP contribution is -2.10. The van der Waals surface area contributed by atoms with E-state index in [-0.39, 0.29) is 29.7 Å². The van der Waals surface area contributed by atoms with Gasteiger partial charge in [-0.1, -0.05) is 0 Å². The maximum Gasteiger partial charge on any atom is 0.197 e. The molecular formula is C27H28ClNO5. The van der Waals surface area contributed by atoms with Gasteiger partial charge in [-0.05, 0) is 93.6 Å². The summed E-state index contributed by atoms with van der Waals surface area (Å²) in [5.74, 6) is 1.02. The van der Waals surface area contributed by atoms with Gasteiger partial charge in [-0.15, -0.1) is 12.4 Å². The SMILES string of the molecule is CN1CCCC1.COc1ccc(C(=O)c2c(-c3ccc(O)cc3)oc3cc(O)ccc23)cc1.Cl. The van der Waals surface area contributed by atoms with Crippen molar-refractivity contribution in [3.8, 4) is 28.6 Å². The third-order valence-electron chi connectivity index (χ3n) is 5.71. The van der Waals surface area contributed by atoms with Crippen LogP contribution in [0.2, 0.25) is 0 Å². The number of phenolic OH excluding ortho intramolecular Hbond substituents is 2. The zero-order valence-electron chi connectivity index (χ0n) is 19.2. The van der Waals surface area contributed by atoms with Crippen LogP contribution in [0.15, 0.2) is 71.1 Å². The van der Waals surface area contributed by atoms with E-state index in [9.17, 15) is 15.0 Å². The second kappa shape index (κ2) is 11.1. The minimum atomic E-state index is -0.204. The molecule has 1 aliphatic rings. The van der Waals surface area contributed by atoms with Gasteiger partial charge in [0.2, 0.25) is 0 Å². The second-order valence-corrected chi connectivity index (χ2v) is 8.10. The Bertz CT molecular complexity index is 1240. The summed E-state index contributed by atoms with van der Waals surface area (Å²) in [6, 6.07) is 17.9. The van der Waals surface area contributed by atoms with E-state index in [2.05, 4.69) is 11.9 Å². The van der Waals surface area contributed by atoms with Gasteiger partial charge in [0.15, 0.2) is 5.78 Å². The molecule has 0 saturated carbocycles. The van der Waals surface area contributed by atoms with Crippen molar-refractivity contribution in [3.05, 3.63) is 77.9 Å². The topological polar surface area (TPSA) is 83.1 Å². The van der Waals surface area contributed by atoms with Crippen molar-refractivity contribution < 1.29 is 24.2 Å². The van der Waals surface area contributed by atoms with Gasteiger partial charge in [0.25, 0.3) is 0 Å². The second-order valence-electron chi connectivity index (χ2n) is 8.10. The Morgan fingerprint density at radius 2 is 1.53 bits per heavy atom. The molecule has 1 fully saturated rings. The first-order valence-electron chi connectivity index (χ1n) is 10.9. The van der Waals surface area contributed by atoms with Crippen molar-refractivity contribution >= 4 is 29.2 Å². The number of ketones is 1. The number of methoxy groups -OCH3 is 1. The predicted molar refractivity (Wildman–Crippen MR) is 135 cm³/mol. The van der Waals surface area contributed by atoms with Crippen molar-refractivity contribution in [1.29, 1.82) is 0 Å². The number of likely N-dealkylation sites (tertiary alicyclic amines) is 1. The van der Waals surface area contributed by atoms with Gasteiger partial charge in [0.1, 0.15) is 28.6 Å². The number of nitrogens with zero attached hydrogens (tertiary/aromatic N) is 1. The number of carbonyl (C=O) groups is 1. The first-order chi connectivity index (χ1) is 16.0. The molecule has 7 heteroatoms. The summed E-state index contributed by atoms with van der Waals surface area (Å²) >= 11 is 0. The monoisotopic (exact) mass is 481 g/mol. The minimum Gasteiger partial charge on any atom is -0.508 e. The molecule has 178 valence electrons. The van der Waals surface area contributed by atoms with Crippen LogP contribution in [0.5, 0.6) is 17.2 Å². The van der Waals surface area contributed by atoms with Crippen molar-refractivity contribution in [2.24, 2.45) is 0 Å². The van der Waals surface area contributed by atoms with Crippen LogP contribution in [0.4, 0.5) is 0 Å². The van der Waals surface area contributed by atoms with Crippen LogP contribution in [0.1, 0.15) is 28.8 Å². The number of phenols is 2. The normalized spacial score (nSPS) is 13.1. The summed E-state index contributed by atoms with van der Waals surface area (Å²) in [7, 11) is 3.74. The molecule has 0 spiro atoms. The van der Waals surface area contributed by atoms with E-state index in [1.54, 1.807) is 49.6 Å². The number of fused-ring (bicyclic) bond motifs is 1. The summed E-state index contributed by atoms with van der Waals surface area (Å²) in [6.45, 7) is 2.64. The molecule has 3 aromatic carbocycles. The Labute approximate surface area is 204 Å². The van der Waals surface area contributed by atoms with E-state index in [0.29, 0.717) is 39.2 Å². The number of benzene rings is 3. The fourth-order valence-corrected chi connectivity index (χ4v) is 3.89. The molecule has 0 unspecified atom stereocenters. The molecule has 6 nitrogen and oxygen atoms in total. The van der Waals surface area contributed by atoms with E-state index in [4.69, 9.17) is 9.15 Å². The number of halogens is 1. The van der Waals surface area contributed by atoms with Gasteiger partial charge in [-0.25, -0.2) is 0 Å². The fourth-order valence-electron chi connectivity index (χ4n) is 3.89. The molecule has 2 heterocycles. The van der Waals surface area contributed by atoms with Crippen LogP contribution in [-0.4, -0.2) is 48.1 Å². The van der Waals surface area contributed by atoms with Gasteiger partial charge in [-0.3, -0.25) is 4.79 Å². The van der Waals surface area contributed by atoms with Gasteiger partial charge in [-0.2, -0.15) is 0 Å². The van der Waals surface area contributed by atoms with E-state index in [1.165, 1.54) is 50.2 Å². The van der Waals surface area contributed by atoms with E-state index >= 15 is 0 Å². The number of rotatable bonds is 4. The van der Waals surface area contributed by atoms with Crippen LogP contribution >= 0.6 is 12.4 Å². The lowest BCUT2D eigenvalue weighted by Gasteiger charge is -2.05. The number of aromatic hydroxyl groups is 2. The van der Waals surface area contributed by atoms with E-state index in [1.807, 2.05) is 0 Å².